The number of H-pyrrole nitrogens is 1. The Bertz CT molecular complexity index is 1120. The lowest BCUT2D eigenvalue weighted by Gasteiger charge is -2.13. The second kappa shape index (κ2) is 6.50. The third kappa shape index (κ3) is 2.50. The van der Waals surface area contributed by atoms with Gasteiger partial charge in [0.15, 0.2) is 17.1 Å². The highest BCUT2D eigenvalue weighted by atomic mass is 16.5. The van der Waals surface area contributed by atoms with Crippen LogP contribution >= 0.6 is 0 Å². The number of benzene rings is 1. The Morgan fingerprint density at radius 3 is 2.26 bits per heavy atom. The molecule has 4 aromatic rings. The number of hydrogen-bond donors (Lipinski definition) is 1. The van der Waals surface area contributed by atoms with Gasteiger partial charge >= 0.3 is 0 Å². The number of pyridine rings is 1. The van der Waals surface area contributed by atoms with Crippen molar-refractivity contribution in [3.8, 4) is 28.5 Å². The van der Waals surface area contributed by atoms with Crippen LogP contribution in [-0.4, -0.2) is 41.1 Å². The van der Waals surface area contributed by atoms with E-state index in [-0.39, 0.29) is 0 Å². The van der Waals surface area contributed by atoms with Crippen LogP contribution in [0.25, 0.3) is 33.2 Å². The van der Waals surface area contributed by atoms with E-state index in [2.05, 4.69) is 22.0 Å². The van der Waals surface area contributed by atoms with Gasteiger partial charge in [-0.1, -0.05) is 6.92 Å². The van der Waals surface area contributed by atoms with E-state index in [1.165, 1.54) is 5.56 Å². The standard InChI is InChI=1S/C20H22N4O3/c1-6-11-9-21-20-16(11)18-13(10-22-20)17(23-24(18)2)12-7-14(25-3)19(27-5)15(8-12)26-4/h7-10,23H,6H2,1-5H3. The highest BCUT2D eigenvalue weighted by Gasteiger charge is 2.20. The molecule has 0 amide bonds. The van der Waals surface area contributed by atoms with Crippen LogP contribution in [-0.2, 0) is 13.5 Å². The zero-order chi connectivity index (χ0) is 19.1. The lowest BCUT2D eigenvalue weighted by molar-refractivity contribution is 0.324. The zero-order valence-electron chi connectivity index (χ0n) is 16.1. The van der Waals surface area contributed by atoms with Crippen LogP contribution in [0.4, 0.5) is 0 Å². The molecule has 7 nitrogen and oxygen atoms in total. The number of fused-ring (bicyclic) bond motifs is 3. The van der Waals surface area contributed by atoms with Gasteiger partial charge in [0.25, 0.3) is 0 Å². The van der Waals surface area contributed by atoms with Crippen LogP contribution in [0.3, 0.4) is 0 Å². The summed E-state index contributed by atoms with van der Waals surface area (Å²) in [5.41, 5.74) is 4.90. The fourth-order valence-electron chi connectivity index (χ4n) is 3.62. The molecule has 0 unspecified atom stereocenters. The molecule has 1 N–H and O–H groups in total. The highest BCUT2D eigenvalue weighted by molar-refractivity contribution is 6.09. The summed E-state index contributed by atoms with van der Waals surface area (Å²) in [6.07, 6.45) is 4.67. The van der Waals surface area contributed by atoms with Gasteiger partial charge in [-0.25, -0.2) is 9.97 Å². The van der Waals surface area contributed by atoms with Crippen molar-refractivity contribution in [1.29, 1.82) is 0 Å². The van der Waals surface area contributed by atoms with Crippen LogP contribution in [0.2, 0.25) is 0 Å². The molecule has 0 aliphatic rings. The van der Waals surface area contributed by atoms with Gasteiger partial charge in [-0.3, -0.25) is 9.78 Å². The summed E-state index contributed by atoms with van der Waals surface area (Å²) < 4.78 is 18.5. The van der Waals surface area contributed by atoms with Gasteiger partial charge in [-0.2, -0.15) is 0 Å². The molecule has 0 atom stereocenters. The summed E-state index contributed by atoms with van der Waals surface area (Å²) in [5.74, 6) is 1.78. The van der Waals surface area contributed by atoms with Crippen LogP contribution in [0.15, 0.2) is 24.5 Å². The van der Waals surface area contributed by atoms with E-state index in [4.69, 9.17) is 14.2 Å². The Morgan fingerprint density at radius 1 is 1.00 bits per heavy atom. The molecule has 0 spiro atoms. The van der Waals surface area contributed by atoms with Gasteiger partial charge in [-0.05, 0) is 24.1 Å². The van der Waals surface area contributed by atoms with Crippen molar-refractivity contribution in [1.82, 2.24) is 19.7 Å². The molecule has 7 heteroatoms. The lowest BCUT2D eigenvalue weighted by Crippen LogP contribution is -1.96. The number of nitrogens with one attached hydrogen (secondary N) is 1. The van der Waals surface area contributed by atoms with Crippen molar-refractivity contribution in [3.05, 3.63) is 30.1 Å². The first-order chi connectivity index (χ1) is 13.1. The SMILES string of the molecule is CCc1cnc2ncc3c(-c4cc(OC)c(OC)c(OC)c4)[nH]n(C)c3c12. The molecule has 3 heterocycles. The van der Waals surface area contributed by atoms with E-state index in [0.29, 0.717) is 17.2 Å². The second-order valence-corrected chi connectivity index (χ2v) is 6.32. The van der Waals surface area contributed by atoms with Gasteiger partial charge in [0.2, 0.25) is 5.75 Å². The molecule has 27 heavy (non-hydrogen) atoms. The molecule has 0 radical (unpaired) electrons. The van der Waals surface area contributed by atoms with Crippen molar-refractivity contribution in [2.75, 3.05) is 21.3 Å². The van der Waals surface area contributed by atoms with E-state index < -0.39 is 0 Å². The molecular formula is C20H22N4O3. The molecule has 140 valence electrons. The largest absolute Gasteiger partial charge is 0.493 e. The van der Waals surface area contributed by atoms with Crippen molar-refractivity contribution in [2.24, 2.45) is 7.05 Å². The molecule has 1 aromatic carbocycles. The highest BCUT2D eigenvalue weighted by Crippen LogP contribution is 2.42. The van der Waals surface area contributed by atoms with Gasteiger partial charge < -0.3 is 14.2 Å². The van der Waals surface area contributed by atoms with E-state index in [1.807, 2.05) is 36.3 Å². The normalized spacial score (nSPS) is 11.3. The Labute approximate surface area is 156 Å². The van der Waals surface area contributed by atoms with Gasteiger partial charge in [0, 0.05) is 35.8 Å². The number of hydrogen-bond acceptors (Lipinski definition) is 5. The van der Waals surface area contributed by atoms with E-state index in [9.17, 15) is 0 Å². The topological polar surface area (TPSA) is 74.2 Å². The minimum atomic E-state index is 0.568. The van der Waals surface area contributed by atoms with Gasteiger partial charge in [-0.15, -0.1) is 0 Å². The Hall–Kier alpha value is -3.22. The summed E-state index contributed by atoms with van der Waals surface area (Å²) in [6.45, 7) is 2.13. The third-order valence-corrected chi connectivity index (χ3v) is 4.91. The maximum Gasteiger partial charge on any atom is 0.203 e. The predicted octanol–water partition coefficient (Wildman–Crippen LogP) is 3.70. The summed E-state index contributed by atoms with van der Waals surface area (Å²) in [5, 5.41) is 5.55. The number of nitrogens with zero attached hydrogens (tertiary/aromatic N) is 3. The fourth-order valence-corrected chi connectivity index (χ4v) is 3.62. The van der Waals surface area contributed by atoms with Crippen molar-refractivity contribution in [3.63, 3.8) is 0 Å². The number of rotatable bonds is 5. The molecule has 3 aromatic heterocycles. The van der Waals surface area contributed by atoms with Crippen LogP contribution in [0, 0.1) is 0 Å². The summed E-state index contributed by atoms with van der Waals surface area (Å²) in [6, 6.07) is 3.86. The van der Waals surface area contributed by atoms with Crippen LogP contribution in [0.5, 0.6) is 17.2 Å². The van der Waals surface area contributed by atoms with Crippen LogP contribution in [0.1, 0.15) is 12.5 Å². The van der Waals surface area contributed by atoms with Crippen molar-refractivity contribution < 1.29 is 14.2 Å². The molecular weight excluding hydrogens is 344 g/mol. The maximum atomic E-state index is 5.50. The summed E-state index contributed by atoms with van der Waals surface area (Å²) >= 11 is 0. The number of methoxy groups -OCH3 is 3. The first-order valence-electron chi connectivity index (χ1n) is 8.74. The quantitative estimate of drug-likeness (QED) is 0.583. The van der Waals surface area contributed by atoms with Crippen molar-refractivity contribution >= 4 is 21.9 Å². The maximum absolute atomic E-state index is 5.50. The van der Waals surface area contributed by atoms with E-state index in [0.717, 1.165) is 39.6 Å². The summed E-state index contributed by atoms with van der Waals surface area (Å²) in [4.78, 5) is 9.01. The van der Waals surface area contributed by atoms with E-state index in [1.54, 1.807) is 21.3 Å². The fraction of sp³-hybridized carbons (Fsp3) is 0.300. The summed E-state index contributed by atoms with van der Waals surface area (Å²) in [7, 11) is 6.82. The number of ether oxygens (including phenoxy) is 3. The first kappa shape index (κ1) is 17.2. The number of aryl methyl sites for hydroxylation is 2. The predicted molar refractivity (Wildman–Crippen MR) is 105 cm³/mol. The van der Waals surface area contributed by atoms with Gasteiger partial charge in [0.05, 0.1) is 32.5 Å². The monoisotopic (exact) mass is 366 g/mol. The van der Waals surface area contributed by atoms with Gasteiger partial charge in [0.1, 0.15) is 0 Å². The Balaban J connectivity index is 2.03. The first-order valence-corrected chi connectivity index (χ1v) is 8.74. The average Bonchev–Trinajstić information content (AvgIpc) is 3.27. The van der Waals surface area contributed by atoms with E-state index >= 15 is 0 Å². The van der Waals surface area contributed by atoms with Crippen molar-refractivity contribution in [2.45, 2.75) is 13.3 Å². The minimum absolute atomic E-state index is 0.568. The Kier molecular flexibility index (Phi) is 4.14. The Morgan fingerprint density at radius 2 is 1.67 bits per heavy atom. The molecule has 0 fully saturated rings. The molecule has 0 aliphatic carbocycles. The lowest BCUT2D eigenvalue weighted by atomic mass is 10.1. The third-order valence-electron chi connectivity index (χ3n) is 4.91. The number of aromatic amines is 1. The number of aromatic nitrogens is 4. The zero-order valence-corrected chi connectivity index (χ0v) is 16.1. The van der Waals surface area contributed by atoms with Crippen LogP contribution < -0.4 is 14.2 Å². The average molecular weight is 366 g/mol. The molecule has 0 aliphatic heterocycles. The smallest absolute Gasteiger partial charge is 0.203 e. The molecule has 4 rings (SSSR count). The second-order valence-electron chi connectivity index (χ2n) is 6.32. The minimum Gasteiger partial charge on any atom is -0.493 e. The molecule has 0 bridgehead atoms. The molecule has 0 saturated carbocycles. The molecule has 0 saturated heterocycles.